The van der Waals surface area contributed by atoms with Crippen molar-refractivity contribution >= 4 is 21.9 Å². The summed E-state index contributed by atoms with van der Waals surface area (Å²) in [5.41, 5.74) is 0.679. The summed E-state index contributed by atoms with van der Waals surface area (Å²) in [6.45, 7) is 7.67. The van der Waals surface area contributed by atoms with Crippen LogP contribution in [0.4, 0.5) is 0 Å². The minimum atomic E-state index is -0.375. The molecular weight excluding hydrogens is 372 g/mol. The smallest absolute Gasteiger partial charge is 0.329 e. The van der Waals surface area contributed by atoms with Crippen LogP contribution in [0.15, 0.2) is 28.0 Å². The predicted molar refractivity (Wildman–Crippen MR) is 110 cm³/mol. The average Bonchev–Trinajstić information content (AvgIpc) is 3.23. The molecule has 29 heavy (non-hydrogen) atoms. The average molecular weight is 398 g/mol. The van der Waals surface area contributed by atoms with E-state index < -0.39 is 0 Å². The lowest BCUT2D eigenvalue weighted by molar-refractivity contribution is 0.0315. The fraction of sp³-hybridized carbons (Fsp3) is 0.550. The van der Waals surface area contributed by atoms with Crippen molar-refractivity contribution in [1.29, 1.82) is 0 Å². The Morgan fingerprint density at radius 2 is 1.76 bits per heavy atom. The molecule has 2 aliphatic rings. The van der Waals surface area contributed by atoms with Gasteiger partial charge in [0.15, 0.2) is 0 Å². The van der Waals surface area contributed by atoms with E-state index in [1.54, 1.807) is 17.0 Å². The van der Waals surface area contributed by atoms with Crippen molar-refractivity contribution < 1.29 is 4.74 Å². The molecule has 2 saturated heterocycles. The molecule has 0 bridgehead atoms. The first-order chi connectivity index (χ1) is 14.2. The van der Waals surface area contributed by atoms with Crippen molar-refractivity contribution in [2.45, 2.75) is 18.9 Å². The summed E-state index contributed by atoms with van der Waals surface area (Å²) >= 11 is 0. The number of piperidine rings is 1. The fourth-order valence-corrected chi connectivity index (χ4v) is 4.60. The molecule has 154 valence electrons. The molecule has 3 aromatic rings. The van der Waals surface area contributed by atoms with Crippen molar-refractivity contribution in [3.63, 3.8) is 0 Å². The van der Waals surface area contributed by atoms with Crippen LogP contribution in [0.25, 0.3) is 21.9 Å². The molecule has 2 aliphatic heterocycles. The van der Waals surface area contributed by atoms with Gasteiger partial charge >= 0.3 is 5.69 Å². The van der Waals surface area contributed by atoms with E-state index in [0.717, 1.165) is 70.7 Å². The predicted octanol–water partition coefficient (Wildman–Crippen LogP) is 0.535. The minimum Gasteiger partial charge on any atom is -0.379 e. The lowest BCUT2D eigenvalue weighted by Gasteiger charge is -2.35. The highest BCUT2D eigenvalue weighted by Gasteiger charge is 2.25. The van der Waals surface area contributed by atoms with Crippen molar-refractivity contribution in [2.75, 3.05) is 52.5 Å². The molecular formula is C20H26N6O3. The van der Waals surface area contributed by atoms with E-state index in [-0.39, 0.29) is 17.3 Å². The Bertz CT molecular complexity index is 1120. The number of hydrogen-bond acceptors (Lipinski definition) is 6. The molecule has 0 saturated carbocycles. The summed E-state index contributed by atoms with van der Waals surface area (Å²) in [5.74, 6) is 0. The summed E-state index contributed by atoms with van der Waals surface area (Å²) in [5, 5.41) is 1.28. The van der Waals surface area contributed by atoms with Gasteiger partial charge in [0, 0.05) is 63.1 Å². The maximum Gasteiger partial charge on any atom is 0.329 e. The standard InChI is InChI=1S/C20H26N6O3/c27-19-16-13-22-18-15(1-4-21-18)17(16)26(20(28)23-19)14-2-5-24(6-3-14)7-8-25-9-11-29-12-10-25/h1,4,13-14H,2-3,5-12H2,(H,21,22)(H,23,27,28). The van der Waals surface area contributed by atoms with Gasteiger partial charge in [-0.3, -0.25) is 19.2 Å². The molecule has 2 N–H and O–H groups in total. The van der Waals surface area contributed by atoms with Crippen LogP contribution in [0.5, 0.6) is 0 Å². The van der Waals surface area contributed by atoms with Crippen molar-refractivity contribution in [2.24, 2.45) is 0 Å². The second kappa shape index (κ2) is 7.74. The van der Waals surface area contributed by atoms with Crippen LogP contribution in [0, 0.1) is 0 Å². The zero-order valence-electron chi connectivity index (χ0n) is 16.4. The molecule has 0 aliphatic carbocycles. The zero-order chi connectivity index (χ0) is 19.8. The fourth-order valence-electron chi connectivity index (χ4n) is 4.60. The number of aromatic nitrogens is 4. The molecule has 2 fully saturated rings. The normalized spacial score (nSPS) is 20.0. The van der Waals surface area contributed by atoms with E-state index in [1.165, 1.54) is 0 Å². The lowest BCUT2D eigenvalue weighted by atomic mass is 10.0. The van der Waals surface area contributed by atoms with Gasteiger partial charge < -0.3 is 14.6 Å². The quantitative estimate of drug-likeness (QED) is 0.665. The van der Waals surface area contributed by atoms with Gasteiger partial charge in [0.1, 0.15) is 5.65 Å². The monoisotopic (exact) mass is 398 g/mol. The zero-order valence-corrected chi connectivity index (χ0v) is 16.4. The molecule has 0 unspecified atom stereocenters. The number of nitrogens with one attached hydrogen (secondary N) is 2. The molecule has 3 aromatic heterocycles. The summed E-state index contributed by atoms with van der Waals surface area (Å²) in [6, 6.07) is 1.96. The number of likely N-dealkylation sites (tertiary alicyclic amines) is 1. The highest BCUT2D eigenvalue weighted by Crippen LogP contribution is 2.27. The highest BCUT2D eigenvalue weighted by molar-refractivity contribution is 6.01. The molecule has 0 aromatic carbocycles. The number of ether oxygens (including phenoxy) is 1. The number of rotatable bonds is 4. The van der Waals surface area contributed by atoms with Crippen molar-refractivity contribution in [3.8, 4) is 0 Å². The van der Waals surface area contributed by atoms with E-state index >= 15 is 0 Å². The van der Waals surface area contributed by atoms with Crippen molar-refractivity contribution in [1.82, 2.24) is 29.3 Å². The van der Waals surface area contributed by atoms with E-state index in [2.05, 4.69) is 24.8 Å². The molecule has 5 heterocycles. The van der Waals surface area contributed by atoms with Crippen LogP contribution < -0.4 is 11.2 Å². The number of hydrogen-bond donors (Lipinski definition) is 2. The summed E-state index contributed by atoms with van der Waals surface area (Å²) in [6.07, 6.45) is 5.12. The Morgan fingerprint density at radius 3 is 2.52 bits per heavy atom. The Balaban J connectivity index is 1.37. The summed E-state index contributed by atoms with van der Waals surface area (Å²) in [4.78, 5) is 39.9. The molecule has 9 nitrogen and oxygen atoms in total. The number of fused-ring (bicyclic) bond motifs is 3. The van der Waals surface area contributed by atoms with Gasteiger partial charge in [-0.25, -0.2) is 9.78 Å². The van der Waals surface area contributed by atoms with Crippen LogP contribution >= 0.6 is 0 Å². The Labute approximate surface area is 167 Å². The van der Waals surface area contributed by atoms with Gasteiger partial charge in [0.25, 0.3) is 5.56 Å². The Kier molecular flexibility index (Phi) is 4.94. The second-order valence-electron chi connectivity index (χ2n) is 7.92. The lowest BCUT2D eigenvalue weighted by Crippen LogP contribution is -2.44. The molecule has 0 atom stereocenters. The van der Waals surface area contributed by atoms with Gasteiger partial charge in [-0.2, -0.15) is 0 Å². The molecule has 0 amide bonds. The van der Waals surface area contributed by atoms with E-state index in [1.807, 2.05) is 6.07 Å². The number of nitrogens with zero attached hydrogens (tertiary/aromatic N) is 4. The van der Waals surface area contributed by atoms with E-state index in [9.17, 15) is 9.59 Å². The first kappa shape index (κ1) is 18.5. The summed E-state index contributed by atoms with van der Waals surface area (Å²) < 4.78 is 7.20. The van der Waals surface area contributed by atoms with Gasteiger partial charge in [-0.15, -0.1) is 0 Å². The first-order valence-corrected chi connectivity index (χ1v) is 10.3. The topological polar surface area (TPSA) is 99.2 Å². The van der Waals surface area contributed by atoms with E-state index in [4.69, 9.17) is 4.74 Å². The maximum absolute atomic E-state index is 12.8. The second-order valence-corrected chi connectivity index (χ2v) is 7.92. The minimum absolute atomic E-state index is 0.0713. The third-order valence-electron chi connectivity index (χ3n) is 6.24. The number of H-pyrrole nitrogens is 2. The third-order valence-corrected chi connectivity index (χ3v) is 6.24. The van der Waals surface area contributed by atoms with Crippen LogP contribution in [0.3, 0.4) is 0 Å². The molecule has 0 spiro atoms. The maximum atomic E-state index is 12.8. The van der Waals surface area contributed by atoms with Crippen LogP contribution in [-0.4, -0.2) is 81.8 Å². The van der Waals surface area contributed by atoms with Crippen LogP contribution in [0.1, 0.15) is 18.9 Å². The number of aromatic amines is 2. The van der Waals surface area contributed by atoms with Crippen molar-refractivity contribution in [3.05, 3.63) is 39.3 Å². The summed E-state index contributed by atoms with van der Waals surface area (Å²) in [7, 11) is 0. The number of morpholine rings is 1. The first-order valence-electron chi connectivity index (χ1n) is 10.3. The number of pyridine rings is 1. The van der Waals surface area contributed by atoms with E-state index in [0.29, 0.717) is 16.6 Å². The largest absolute Gasteiger partial charge is 0.379 e. The Morgan fingerprint density at radius 1 is 1.03 bits per heavy atom. The van der Waals surface area contributed by atoms with Crippen LogP contribution in [0.2, 0.25) is 0 Å². The van der Waals surface area contributed by atoms with Gasteiger partial charge in [0.2, 0.25) is 0 Å². The molecule has 9 heteroatoms. The highest BCUT2D eigenvalue weighted by atomic mass is 16.5. The van der Waals surface area contributed by atoms with Gasteiger partial charge in [-0.05, 0) is 18.9 Å². The van der Waals surface area contributed by atoms with Gasteiger partial charge in [-0.1, -0.05) is 0 Å². The van der Waals surface area contributed by atoms with Crippen LogP contribution in [-0.2, 0) is 4.74 Å². The molecule has 5 rings (SSSR count). The SMILES string of the molecule is O=c1[nH]c(=O)n(C2CCN(CCN3CCOCC3)CC2)c2c1cnc1[nH]ccc12. The Hall–Kier alpha value is -2.49. The third kappa shape index (κ3) is 3.50. The van der Waals surface area contributed by atoms with Gasteiger partial charge in [0.05, 0.1) is 24.1 Å². The molecule has 0 radical (unpaired) electrons.